The number of piperazine rings is 1. The highest BCUT2D eigenvalue weighted by atomic mass is 19.1. The molecule has 1 atom stereocenters. The Morgan fingerprint density at radius 3 is 2.66 bits per heavy atom. The lowest BCUT2D eigenvalue weighted by molar-refractivity contribution is 0.0746. The van der Waals surface area contributed by atoms with E-state index in [1.165, 1.54) is 25.3 Å². The Kier molecular flexibility index (Phi) is 5.97. The van der Waals surface area contributed by atoms with E-state index in [4.69, 9.17) is 0 Å². The summed E-state index contributed by atoms with van der Waals surface area (Å²) in [5.74, 6) is 0.734. The van der Waals surface area contributed by atoms with Crippen LogP contribution >= 0.6 is 0 Å². The number of amides is 1. The van der Waals surface area contributed by atoms with E-state index < -0.39 is 0 Å². The standard InChI is InChI=1S/C23H29FN4O/c1-2-19-7-5-6-12-28(19)22-17-18(10-11-25-22)23(29)27-15-13-26(14-16-27)21-9-4-3-8-20(21)24/h3-4,8-11,17,19H,2,5-7,12-16H2,1H3. The third-order valence-electron chi connectivity index (χ3n) is 6.15. The Morgan fingerprint density at radius 1 is 1.10 bits per heavy atom. The molecule has 0 N–H and O–H groups in total. The number of piperidine rings is 1. The molecule has 1 amide bonds. The monoisotopic (exact) mass is 396 g/mol. The molecule has 2 saturated heterocycles. The van der Waals surface area contributed by atoms with E-state index >= 15 is 0 Å². The summed E-state index contributed by atoms with van der Waals surface area (Å²) >= 11 is 0. The average Bonchev–Trinajstić information content (AvgIpc) is 2.79. The zero-order valence-electron chi connectivity index (χ0n) is 17.1. The number of carbonyl (C=O) groups is 1. The summed E-state index contributed by atoms with van der Waals surface area (Å²) < 4.78 is 14.0. The van der Waals surface area contributed by atoms with Crippen LogP contribution in [0, 0.1) is 5.82 Å². The fourth-order valence-electron chi connectivity index (χ4n) is 4.48. The third-order valence-corrected chi connectivity index (χ3v) is 6.15. The van der Waals surface area contributed by atoms with E-state index in [1.807, 2.05) is 21.9 Å². The molecular weight excluding hydrogens is 367 g/mol. The molecule has 29 heavy (non-hydrogen) atoms. The number of anilines is 2. The molecule has 4 rings (SSSR count). The molecular formula is C23H29FN4O. The van der Waals surface area contributed by atoms with Crippen molar-refractivity contribution in [3.05, 3.63) is 54.0 Å². The molecule has 2 aliphatic heterocycles. The number of para-hydroxylation sites is 1. The van der Waals surface area contributed by atoms with Gasteiger partial charge in [-0.25, -0.2) is 9.37 Å². The maximum absolute atomic E-state index is 14.0. The van der Waals surface area contributed by atoms with Crippen LogP contribution in [0.1, 0.15) is 43.0 Å². The molecule has 1 unspecified atom stereocenters. The van der Waals surface area contributed by atoms with Gasteiger partial charge >= 0.3 is 0 Å². The third kappa shape index (κ3) is 4.21. The fraction of sp³-hybridized carbons (Fsp3) is 0.478. The quantitative estimate of drug-likeness (QED) is 0.785. The van der Waals surface area contributed by atoms with Crippen LogP contribution in [0.2, 0.25) is 0 Å². The first-order valence-electron chi connectivity index (χ1n) is 10.7. The summed E-state index contributed by atoms with van der Waals surface area (Å²) in [5.41, 5.74) is 1.30. The number of halogens is 1. The van der Waals surface area contributed by atoms with Crippen LogP contribution in [-0.2, 0) is 0 Å². The van der Waals surface area contributed by atoms with Gasteiger partial charge in [-0.05, 0) is 49.9 Å². The van der Waals surface area contributed by atoms with E-state index in [2.05, 4.69) is 16.8 Å². The van der Waals surface area contributed by atoms with Gasteiger partial charge in [-0.1, -0.05) is 19.1 Å². The van der Waals surface area contributed by atoms with Crippen molar-refractivity contribution in [1.29, 1.82) is 0 Å². The summed E-state index contributed by atoms with van der Waals surface area (Å²) in [5, 5.41) is 0. The van der Waals surface area contributed by atoms with Gasteiger partial charge in [0.25, 0.3) is 5.91 Å². The van der Waals surface area contributed by atoms with Crippen molar-refractivity contribution in [3.8, 4) is 0 Å². The van der Waals surface area contributed by atoms with Gasteiger partial charge in [0.15, 0.2) is 0 Å². The molecule has 0 spiro atoms. The molecule has 6 heteroatoms. The topological polar surface area (TPSA) is 39.7 Å². The number of benzene rings is 1. The lowest BCUT2D eigenvalue weighted by Gasteiger charge is -2.37. The van der Waals surface area contributed by atoms with Crippen LogP contribution in [0.4, 0.5) is 15.9 Å². The molecule has 5 nitrogen and oxygen atoms in total. The molecule has 3 heterocycles. The Bertz CT molecular complexity index is 850. The number of rotatable bonds is 4. The van der Waals surface area contributed by atoms with Crippen LogP contribution in [0.3, 0.4) is 0 Å². The molecule has 0 saturated carbocycles. The first kappa shape index (κ1) is 19.7. The number of aromatic nitrogens is 1. The van der Waals surface area contributed by atoms with Crippen LogP contribution in [0.15, 0.2) is 42.6 Å². The highest BCUT2D eigenvalue weighted by Gasteiger charge is 2.26. The zero-order chi connectivity index (χ0) is 20.2. The lowest BCUT2D eigenvalue weighted by atomic mass is 10.00. The number of nitrogens with zero attached hydrogens (tertiary/aromatic N) is 4. The van der Waals surface area contributed by atoms with Gasteiger partial charge in [0.2, 0.25) is 0 Å². The smallest absolute Gasteiger partial charge is 0.254 e. The molecule has 0 bridgehead atoms. The predicted octanol–water partition coefficient (Wildman–Crippen LogP) is 3.95. The van der Waals surface area contributed by atoms with Gasteiger partial charge in [0.1, 0.15) is 11.6 Å². The maximum Gasteiger partial charge on any atom is 0.254 e. The van der Waals surface area contributed by atoms with E-state index in [0.717, 1.165) is 18.8 Å². The highest BCUT2D eigenvalue weighted by molar-refractivity contribution is 5.95. The second-order valence-corrected chi connectivity index (χ2v) is 7.88. The minimum absolute atomic E-state index is 0.0342. The summed E-state index contributed by atoms with van der Waals surface area (Å²) in [4.78, 5) is 23.9. The Morgan fingerprint density at radius 2 is 1.90 bits per heavy atom. The fourth-order valence-corrected chi connectivity index (χ4v) is 4.48. The highest BCUT2D eigenvalue weighted by Crippen LogP contribution is 2.26. The van der Waals surface area contributed by atoms with Crippen molar-refractivity contribution in [1.82, 2.24) is 9.88 Å². The Hall–Kier alpha value is -2.63. The first-order valence-corrected chi connectivity index (χ1v) is 10.7. The van der Waals surface area contributed by atoms with Gasteiger partial charge in [-0.15, -0.1) is 0 Å². The van der Waals surface area contributed by atoms with Crippen LogP contribution < -0.4 is 9.80 Å². The van der Waals surface area contributed by atoms with Crippen molar-refractivity contribution in [2.75, 3.05) is 42.5 Å². The molecule has 0 aliphatic carbocycles. The Labute approximate surface area is 172 Å². The van der Waals surface area contributed by atoms with Crippen LogP contribution in [-0.4, -0.2) is 54.6 Å². The van der Waals surface area contributed by atoms with Crippen molar-refractivity contribution in [2.24, 2.45) is 0 Å². The molecule has 1 aromatic heterocycles. The SMILES string of the molecule is CCC1CCCCN1c1cc(C(=O)N2CCN(c3ccccc3F)CC2)ccn1. The summed E-state index contributed by atoms with van der Waals surface area (Å²) in [6.45, 7) is 5.67. The molecule has 2 aromatic rings. The number of pyridine rings is 1. The van der Waals surface area contributed by atoms with Crippen molar-refractivity contribution < 1.29 is 9.18 Å². The van der Waals surface area contributed by atoms with Crippen molar-refractivity contribution >= 4 is 17.4 Å². The first-order chi connectivity index (χ1) is 14.2. The molecule has 2 aliphatic rings. The lowest BCUT2D eigenvalue weighted by Crippen LogP contribution is -2.49. The van der Waals surface area contributed by atoms with Gasteiger partial charge in [-0.3, -0.25) is 4.79 Å². The number of carbonyl (C=O) groups excluding carboxylic acids is 1. The number of hydrogen-bond acceptors (Lipinski definition) is 4. The molecule has 2 fully saturated rings. The second-order valence-electron chi connectivity index (χ2n) is 7.88. The molecule has 154 valence electrons. The van der Waals surface area contributed by atoms with Gasteiger partial charge < -0.3 is 14.7 Å². The van der Waals surface area contributed by atoms with E-state index in [0.29, 0.717) is 43.5 Å². The van der Waals surface area contributed by atoms with E-state index in [1.54, 1.807) is 24.4 Å². The van der Waals surface area contributed by atoms with E-state index in [-0.39, 0.29) is 11.7 Å². The largest absolute Gasteiger partial charge is 0.366 e. The maximum atomic E-state index is 14.0. The van der Waals surface area contributed by atoms with Gasteiger partial charge in [-0.2, -0.15) is 0 Å². The van der Waals surface area contributed by atoms with Crippen molar-refractivity contribution in [2.45, 2.75) is 38.6 Å². The summed E-state index contributed by atoms with van der Waals surface area (Å²) in [6.07, 6.45) is 6.47. The number of hydrogen-bond donors (Lipinski definition) is 0. The molecule has 0 radical (unpaired) electrons. The van der Waals surface area contributed by atoms with Crippen molar-refractivity contribution in [3.63, 3.8) is 0 Å². The predicted molar refractivity (Wildman–Crippen MR) is 114 cm³/mol. The summed E-state index contributed by atoms with van der Waals surface area (Å²) in [7, 11) is 0. The van der Waals surface area contributed by atoms with Gasteiger partial charge in [0.05, 0.1) is 5.69 Å². The second kappa shape index (κ2) is 8.80. The molecule has 1 aromatic carbocycles. The zero-order valence-corrected chi connectivity index (χ0v) is 17.1. The minimum atomic E-state index is -0.210. The van der Waals surface area contributed by atoms with Gasteiger partial charge in [0, 0.05) is 50.5 Å². The normalized spacial score (nSPS) is 20.1. The van der Waals surface area contributed by atoms with Crippen LogP contribution in [0.5, 0.6) is 0 Å². The average molecular weight is 397 g/mol. The minimum Gasteiger partial charge on any atom is -0.366 e. The van der Waals surface area contributed by atoms with E-state index in [9.17, 15) is 9.18 Å². The van der Waals surface area contributed by atoms with Crippen LogP contribution in [0.25, 0.3) is 0 Å². The summed E-state index contributed by atoms with van der Waals surface area (Å²) in [6, 6.07) is 11.1. The Balaban J connectivity index is 1.43.